The van der Waals surface area contributed by atoms with E-state index in [2.05, 4.69) is 4.98 Å². The van der Waals surface area contributed by atoms with Crippen LogP contribution in [-0.4, -0.2) is 47.8 Å². The molecule has 0 spiro atoms. The van der Waals surface area contributed by atoms with Gasteiger partial charge in [-0.1, -0.05) is 24.3 Å². The summed E-state index contributed by atoms with van der Waals surface area (Å²) in [7, 11) is 0. The molecular formula is C24H24F3N3O2. The van der Waals surface area contributed by atoms with Crippen molar-refractivity contribution in [2.75, 3.05) is 31.1 Å². The number of alkyl halides is 3. The first-order valence-electron chi connectivity index (χ1n) is 10.6. The van der Waals surface area contributed by atoms with Crippen LogP contribution in [0.4, 0.5) is 19.0 Å². The Morgan fingerprint density at radius 2 is 1.97 bits per heavy atom. The van der Waals surface area contributed by atoms with Crippen molar-refractivity contribution in [2.24, 2.45) is 5.92 Å². The first-order chi connectivity index (χ1) is 15.3. The number of halogens is 3. The maximum atomic E-state index is 13.0. The minimum absolute atomic E-state index is 0.0726. The van der Waals surface area contributed by atoms with Crippen molar-refractivity contribution >= 4 is 23.1 Å². The van der Waals surface area contributed by atoms with Crippen molar-refractivity contribution in [2.45, 2.75) is 25.4 Å². The van der Waals surface area contributed by atoms with E-state index in [-0.39, 0.29) is 30.7 Å². The second-order valence-corrected chi connectivity index (χ2v) is 8.19. The molecule has 1 atom stereocenters. The highest BCUT2D eigenvalue weighted by Gasteiger charge is 2.32. The number of hydrogen-bond donors (Lipinski definition) is 0. The fourth-order valence-electron chi connectivity index (χ4n) is 4.25. The number of piperazine rings is 1. The number of carbonyl (C=O) groups is 2. The van der Waals surface area contributed by atoms with Gasteiger partial charge in [0.2, 0.25) is 5.91 Å². The molecule has 168 valence electrons. The number of hydrogen-bond acceptors (Lipinski definition) is 4. The fraction of sp³-hybridized carbons (Fsp3) is 0.375. The summed E-state index contributed by atoms with van der Waals surface area (Å²) in [4.78, 5) is 33.0. The van der Waals surface area contributed by atoms with Crippen LogP contribution in [0.3, 0.4) is 0 Å². The molecule has 2 aliphatic rings. The molecule has 1 aromatic carbocycles. The van der Waals surface area contributed by atoms with E-state index >= 15 is 0 Å². The molecule has 0 radical (unpaired) electrons. The molecule has 1 aromatic heterocycles. The average Bonchev–Trinajstić information content (AvgIpc) is 2.79. The van der Waals surface area contributed by atoms with Crippen molar-refractivity contribution < 1.29 is 22.8 Å². The van der Waals surface area contributed by atoms with E-state index < -0.39 is 11.7 Å². The number of nitrogens with zero attached hydrogens (tertiary/aromatic N) is 3. The lowest BCUT2D eigenvalue weighted by atomic mass is 9.84. The molecule has 2 aromatic rings. The molecular weight excluding hydrogens is 419 g/mol. The quantitative estimate of drug-likeness (QED) is 0.695. The average molecular weight is 443 g/mol. The van der Waals surface area contributed by atoms with E-state index in [1.807, 2.05) is 17.0 Å². The van der Waals surface area contributed by atoms with E-state index in [0.717, 1.165) is 11.6 Å². The van der Waals surface area contributed by atoms with Crippen LogP contribution in [0.15, 0.2) is 54.7 Å². The summed E-state index contributed by atoms with van der Waals surface area (Å²) >= 11 is 0. The van der Waals surface area contributed by atoms with Crippen LogP contribution in [-0.2, 0) is 15.8 Å². The van der Waals surface area contributed by atoms with E-state index in [9.17, 15) is 22.8 Å². The fourth-order valence-corrected chi connectivity index (χ4v) is 4.25. The monoisotopic (exact) mass is 443 g/mol. The Balaban J connectivity index is 1.32. The van der Waals surface area contributed by atoms with Gasteiger partial charge in [0.05, 0.1) is 18.7 Å². The number of aromatic nitrogens is 1. The third-order valence-corrected chi connectivity index (χ3v) is 6.03. The topological polar surface area (TPSA) is 53.5 Å². The normalized spacial score (nSPS) is 20.2. The Hall–Kier alpha value is -3.00. The van der Waals surface area contributed by atoms with E-state index in [4.69, 9.17) is 0 Å². The first-order valence-corrected chi connectivity index (χ1v) is 10.6. The number of benzene rings is 1. The second-order valence-electron chi connectivity index (χ2n) is 8.19. The zero-order valence-corrected chi connectivity index (χ0v) is 17.5. The molecule has 1 aliphatic carbocycles. The first kappa shape index (κ1) is 22.2. The molecule has 8 heteroatoms. The molecule has 1 amide bonds. The maximum absolute atomic E-state index is 13.0. The third kappa shape index (κ3) is 5.07. The number of Topliss-reactive ketones (excluding diaryl/α,β-unsaturated/α-hetero) is 1. The number of rotatable bonds is 5. The van der Waals surface area contributed by atoms with Gasteiger partial charge in [0.15, 0.2) is 0 Å². The Bertz CT molecular complexity index is 1020. The van der Waals surface area contributed by atoms with Crippen LogP contribution in [0.5, 0.6) is 0 Å². The maximum Gasteiger partial charge on any atom is 0.416 e. The van der Waals surface area contributed by atoms with Gasteiger partial charge in [0.1, 0.15) is 11.6 Å². The van der Waals surface area contributed by atoms with Crippen molar-refractivity contribution in [3.8, 4) is 0 Å². The van der Waals surface area contributed by atoms with E-state index in [1.54, 1.807) is 29.3 Å². The van der Waals surface area contributed by atoms with Crippen molar-refractivity contribution in [3.63, 3.8) is 0 Å². The van der Waals surface area contributed by atoms with Gasteiger partial charge in [-0.2, -0.15) is 13.2 Å². The van der Waals surface area contributed by atoms with Crippen LogP contribution in [0.1, 0.15) is 30.4 Å². The van der Waals surface area contributed by atoms with E-state index in [0.29, 0.717) is 43.7 Å². The van der Waals surface area contributed by atoms with Crippen LogP contribution in [0, 0.1) is 5.92 Å². The molecule has 0 bridgehead atoms. The molecule has 1 fully saturated rings. The van der Waals surface area contributed by atoms with E-state index in [1.165, 1.54) is 12.1 Å². The smallest absolute Gasteiger partial charge is 0.298 e. The third-order valence-electron chi connectivity index (χ3n) is 6.03. The highest BCUT2D eigenvalue weighted by atomic mass is 19.4. The molecule has 0 N–H and O–H groups in total. The van der Waals surface area contributed by atoms with Gasteiger partial charge in [-0.3, -0.25) is 19.4 Å². The number of amides is 1. The van der Waals surface area contributed by atoms with Crippen molar-refractivity contribution in [1.82, 2.24) is 9.88 Å². The molecule has 2 heterocycles. The zero-order chi connectivity index (χ0) is 22.7. The minimum Gasteiger partial charge on any atom is -0.298 e. The van der Waals surface area contributed by atoms with Gasteiger partial charge >= 0.3 is 6.18 Å². The van der Waals surface area contributed by atoms with Gasteiger partial charge in [0, 0.05) is 25.2 Å². The molecule has 4 rings (SSSR count). The van der Waals surface area contributed by atoms with Gasteiger partial charge in [0.25, 0.3) is 0 Å². The Morgan fingerprint density at radius 3 is 2.62 bits per heavy atom. The highest BCUT2D eigenvalue weighted by molar-refractivity contribution is 5.95. The standard InChI is InChI=1S/C24H24F3N3O2/c25-24(26,27)20-5-3-4-19(14-20)17-7-9-18(10-8-17)21(31)15-29-12-13-30(23(32)16-29)22-6-1-2-11-28-22/h1-7,11,14,18H,8-10,12-13,15-16H2. The van der Waals surface area contributed by atoms with Gasteiger partial charge in [-0.05, 0) is 54.7 Å². The predicted molar refractivity (Wildman–Crippen MR) is 115 cm³/mol. The van der Waals surface area contributed by atoms with Crippen molar-refractivity contribution in [3.05, 3.63) is 65.9 Å². The Kier molecular flexibility index (Phi) is 6.41. The highest BCUT2D eigenvalue weighted by Crippen LogP contribution is 2.35. The van der Waals surface area contributed by atoms with Crippen LogP contribution >= 0.6 is 0 Å². The number of carbonyl (C=O) groups excluding carboxylic acids is 2. The van der Waals surface area contributed by atoms with Gasteiger partial charge in [-0.25, -0.2) is 4.98 Å². The summed E-state index contributed by atoms with van der Waals surface area (Å²) in [5.74, 6) is 0.429. The minimum atomic E-state index is -4.37. The molecule has 5 nitrogen and oxygen atoms in total. The lowest BCUT2D eigenvalue weighted by Crippen LogP contribution is -2.52. The second kappa shape index (κ2) is 9.24. The lowest BCUT2D eigenvalue weighted by molar-refractivity contribution is -0.137. The number of ketones is 1. The summed E-state index contributed by atoms with van der Waals surface area (Å²) in [6.07, 6.45) is 0.815. The SMILES string of the molecule is O=C(CN1CCN(c2ccccn2)C(=O)C1)C1CC=C(c2cccc(C(F)(F)F)c2)CC1. The predicted octanol–water partition coefficient (Wildman–Crippen LogP) is 4.20. The molecule has 32 heavy (non-hydrogen) atoms. The summed E-state index contributed by atoms with van der Waals surface area (Å²) in [6.45, 7) is 1.44. The summed E-state index contributed by atoms with van der Waals surface area (Å²) in [6, 6.07) is 10.7. The molecule has 1 unspecified atom stereocenters. The van der Waals surface area contributed by atoms with Crippen LogP contribution in [0.2, 0.25) is 0 Å². The largest absolute Gasteiger partial charge is 0.416 e. The van der Waals surface area contributed by atoms with Crippen LogP contribution < -0.4 is 4.90 Å². The Labute approximate surface area is 184 Å². The number of anilines is 1. The summed E-state index contributed by atoms with van der Waals surface area (Å²) < 4.78 is 38.9. The summed E-state index contributed by atoms with van der Waals surface area (Å²) in [5, 5.41) is 0. The lowest BCUT2D eigenvalue weighted by Gasteiger charge is -2.34. The molecule has 1 aliphatic heterocycles. The van der Waals surface area contributed by atoms with Crippen LogP contribution in [0.25, 0.3) is 5.57 Å². The number of allylic oxidation sites excluding steroid dienone is 2. The zero-order valence-electron chi connectivity index (χ0n) is 17.5. The van der Waals surface area contributed by atoms with Gasteiger partial charge < -0.3 is 0 Å². The van der Waals surface area contributed by atoms with Gasteiger partial charge in [-0.15, -0.1) is 0 Å². The molecule has 0 saturated carbocycles. The molecule has 1 saturated heterocycles. The summed E-state index contributed by atoms with van der Waals surface area (Å²) in [5.41, 5.74) is 0.741. The van der Waals surface area contributed by atoms with Crippen molar-refractivity contribution in [1.29, 1.82) is 0 Å². The Morgan fingerprint density at radius 1 is 1.12 bits per heavy atom. The number of pyridine rings is 1.